The average molecular weight is 682 g/mol. The molecule has 0 bridgehead atoms. The molecule has 11 rings (SSSR count). The zero-order valence-electron chi connectivity index (χ0n) is 29.1. The Labute approximate surface area is 305 Å². The monoisotopic (exact) mass is 681 g/mol. The Bertz CT molecular complexity index is 3100. The van der Waals surface area contributed by atoms with E-state index in [4.69, 9.17) is 23.8 Å². The molecular weight excluding hydrogens is 651 g/mol. The van der Waals surface area contributed by atoms with Gasteiger partial charge in [-0.2, -0.15) is 0 Å². The van der Waals surface area contributed by atoms with Crippen LogP contribution in [0.1, 0.15) is 25.0 Å². The molecule has 5 heteroatoms. The topological polar surface area (TPSA) is 65.0 Å². The smallest absolute Gasteiger partial charge is 0.167 e. The molecule has 0 unspecified atom stereocenters. The van der Waals surface area contributed by atoms with E-state index in [1.54, 1.807) is 0 Å². The first-order chi connectivity index (χ1) is 26.0. The maximum absolute atomic E-state index is 6.53. The van der Waals surface area contributed by atoms with Gasteiger partial charge in [0.1, 0.15) is 22.3 Å². The van der Waals surface area contributed by atoms with E-state index in [9.17, 15) is 0 Å². The lowest BCUT2D eigenvalue weighted by Gasteiger charge is -2.21. The zero-order chi connectivity index (χ0) is 35.3. The van der Waals surface area contributed by atoms with Gasteiger partial charge in [0, 0.05) is 38.1 Å². The van der Waals surface area contributed by atoms with Crippen molar-refractivity contribution in [2.75, 3.05) is 0 Å². The van der Waals surface area contributed by atoms with Crippen LogP contribution in [0.5, 0.6) is 0 Å². The molecule has 10 aromatic rings. The Morgan fingerprint density at radius 3 is 1.96 bits per heavy atom. The van der Waals surface area contributed by atoms with Crippen LogP contribution in [0.4, 0.5) is 0 Å². The highest BCUT2D eigenvalue weighted by Crippen LogP contribution is 2.52. The molecule has 53 heavy (non-hydrogen) atoms. The minimum absolute atomic E-state index is 0.161. The third-order valence-corrected chi connectivity index (χ3v) is 11.0. The highest BCUT2D eigenvalue weighted by molar-refractivity contribution is 6.13. The fourth-order valence-electron chi connectivity index (χ4n) is 8.43. The number of para-hydroxylation sites is 2. The van der Waals surface area contributed by atoms with Crippen LogP contribution < -0.4 is 0 Å². The summed E-state index contributed by atoms with van der Waals surface area (Å²) in [7, 11) is 0. The van der Waals surface area contributed by atoms with Crippen LogP contribution in [0.3, 0.4) is 0 Å². The van der Waals surface area contributed by atoms with Crippen LogP contribution in [0, 0.1) is 0 Å². The Morgan fingerprint density at radius 1 is 0.415 bits per heavy atom. The van der Waals surface area contributed by atoms with E-state index in [1.165, 1.54) is 22.3 Å². The van der Waals surface area contributed by atoms with Gasteiger partial charge in [0.15, 0.2) is 17.5 Å². The van der Waals surface area contributed by atoms with Gasteiger partial charge in [0.05, 0.1) is 5.56 Å². The molecular formula is C48H31N3O2. The number of hydrogen-bond donors (Lipinski definition) is 0. The predicted molar refractivity (Wildman–Crippen MR) is 214 cm³/mol. The van der Waals surface area contributed by atoms with Crippen molar-refractivity contribution in [1.82, 2.24) is 15.0 Å². The molecule has 5 nitrogen and oxygen atoms in total. The third kappa shape index (κ3) is 4.40. The van der Waals surface area contributed by atoms with Gasteiger partial charge in [0.25, 0.3) is 0 Å². The highest BCUT2D eigenvalue weighted by atomic mass is 16.3. The molecule has 0 radical (unpaired) electrons. The minimum Gasteiger partial charge on any atom is -0.456 e. The van der Waals surface area contributed by atoms with Gasteiger partial charge in [-0.25, -0.2) is 15.0 Å². The molecule has 3 aromatic heterocycles. The second-order valence-electron chi connectivity index (χ2n) is 14.3. The molecule has 0 atom stereocenters. The maximum atomic E-state index is 6.53. The standard InChI is InChI=1S/C48H31N3O2/c1-48(2)37-21-8-6-16-33(37)42-35(19-11-22-38(42)48)46-49-45(50-47(51-46)36-20-10-18-32-31-15-7-9-23-39(31)53-44(32)36)29-25-26-34-41(27-29)52-40-24-12-17-30(43(34)40)28-13-4-3-5-14-28/h3-27H,1-2H3. The summed E-state index contributed by atoms with van der Waals surface area (Å²) in [6.07, 6.45) is 0. The lowest BCUT2D eigenvalue weighted by atomic mass is 9.82. The summed E-state index contributed by atoms with van der Waals surface area (Å²) >= 11 is 0. The number of fused-ring (bicyclic) bond motifs is 9. The molecule has 0 fully saturated rings. The van der Waals surface area contributed by atoms with Crippen LogP contribution >= 0.6 is 0 Å². The average Bonchev–Trinajstić information content (AvgIpc) is 3.85. The van der Waals surface area contributed by atoms with Crippen LogP contribution in [-0.4, -0.2) is 15.0 Å². The van der Waals surface area contributed by atoms with E-state index in [1.807, 2.05) is 42.5 Å². The summed E-state index contributed by atoms with van der Waals surface area (Å²) in [5.74, 6) is 1.72. The molecule has 0 saturated heterocycles. The van der Waals surface area contributed by atoms with Crippen LogP contribution in [0.25, 0.3) is 100 Å². The summed E-state index contributed by atoms with van der Waals surface area (Å²) in [5.41, 5.74) is 12.9. The molecule has 0 amide bonds. The van der Waals surface area contributed by atoms with Crippen LogP contribution in [0.15, 0.2) is 160 Å². The van der Waals surface area contributed by atoms with Crippen LogP contribution in [0.2, 0.25) is 0 Å². The number of nitrogens with zero attached hydrogens (tertiary/aromatic N) is 3. The Balaban J connectivity index is 1.16. The molecule has 0 aliphatic heterocycles. The number of hydrogen-bond acceptors (Lipinski definition) is 5. The Kier molecular flexibility index (Phi) is 6.23. The van der Waals surface area contributed by atoms with Gasteiger partial charge < -0.3 is 8.83 Å². The van der Waals surface area contributed by atoms with E-state index in [0.717, 1.165) is 71.7 Å². The largest absolute Gasteiger partial charge is 0.456 e. The van der Waals surface area contributed by atoms with E-state index < -0.39 is 0 Å². The van der Waals surface area contributed by atoms with Crippen molar-refractivity contribution in [2.24, 2.45) is 0 Å². The summed E-state index contributed by atoms with van der Waals surface area (Å²) in [5, 5.41) is 4.22. The molecule has 1 aliphatic carbocycles. The van der Waals surface area contributed by atoms with Gasteiger partial charge in [-0.3, -0.25) is 0 Å². The van der Waals surface area contributed by atoms with Crippen molar-refractivity contribution < 1.29 is 8.83 Å². The van der Waals surface area contributed by atoms with Gasteiger partial charge in [-0.15, -0.1) is 0 Å². The van der Waals surface area contributed by atoms with E-state index in [0.29, 0.717) is 17.5 Å². The molecule has 0 N–H and O–H groups in total. The number of benzene rings is 7. The summed E-state index contributed by atoms with van der Waals surface area (Å²) in [6.45, 7) is 4.58. The Hall–Kier alpha value is -6.85. The minimum atomic E-state index is -0.161. The van der Waals surface area contributed by atoms with Crippen LogP contribution in [-0.2, 0) is 5.41 Å². The predicted octanol–water partition coefficient (Wildman–Crippen LogP) is 12.6. The van der Waals surface area contributed by atoms with Gasteiger partial charge in [-0.05, 0) is 63.7 Å². The number of aromatic nitrogens is 3. The molecule has 0 saturated carbocycles. The van der Waals surface area contributed by atoms with Crippen molar-refractivity contribution in [3.63, 3.8) is 0 Å². The van der Waals surface area contributed by atoms with Crippen molar-refractivity contribution in [3.05, 3.63) is 163 Å². The summed E-state index contributed by atoms with van der Waals surface area (Å²) in [4.78, 5) is 15.7. The first-order valence-electron chi connectivity index (χ1n) is 17.9. The lowest BCUT2D eigenvalue weighted by molar-refractivity contribution is 0.660. The SMILES string of the molecule is CC1(C)c2ccccc2-c2c(-c3nc(-c4ccc5c(c4)oc4cccc(-c6ccccc6)c45)nc(-c4cccc5c4oc4ccccc45)n3)cccc21. The molecule has 250 valence electrons. The third-order valence-electron chi connectivity index (χ3n) is 11.0. The first kappa shape index (κ1) is 29.8. The summed E-state index contributed by atoms with van der Waals surface area (Å²) < 4.78 is 13.0. The highest BCUT2D eigenvalue weighted by Gasteiger charge is 2.37. The van der Waals surface area contributed by atoms with Crippen molar-refractivity contribution in [3.8, 4) is 56.4 Å². The summed E-state index contributed by atoms with van der Waals surface area (Å²) in [6, 6.07) is 52.4. The van der Waals surface area contributed by atoms with E-state index in [2.05, 4.69) is 123 Å². The second-order valence-corrected chi connectivity index (χ2v) is 14.3. The van der Waals surface area contributed by atoms with Crippen molar-refractivity contribution >= 4 is 43.9 Å². The molecule has 0 spiro atoms. The number of rotatable bonds is 4. The van der Waals surface area contributed by atoms with Crippen molar-refractivity contribution in [2.45, 2.75) is 19.3 Å². The molecule has 3 heterocycles. The number of furan rings is 2. The second kappa shape index (κ2) is 11.1. The fourth-order valence-corrected chi connectivity index (χ4v) is 8.43. The maximum Gasteiger partial charge on any atom is 0.167 e. The quantitative estimate of drug-likeness (QED) is 0.185. The normalized spacial score (nSPS) is 13.2. The lowest BCUT2D eigenvalue weighted by Crippen LogP contribution is -2.14. The van der Waals surface area contributed by atoms with E-state index >= 15 is 0 Å². The fraction of sp³-hybridized carbons (Fsp3) is 0.0625. The first-order valence-corrected chi connectivity index (χ1v) is 17.9. The molecule has 7 aromatic carbocycles. The Morgan fingerprint density at radius 2 is 1.06 bits per heavy atom. The molecule has 1 aliphatic rings. The van der Waals surface area contributed by atoms with Crippen molar-refractivity contribution in [1.29, 1.82) is 0 Å². The van der Waals surface area contributed by atoms with Gasteiger partial charge in [0.2, 0.25) is 0 Å². The van der Waals surface area contributed by atoms with E-state index in [-0.39, 0.29) is 5.41 Å². The van der Waals surface area contributed by atoms with Gasteiger partial charge >= 0.3 is 0 Å². The zero-order valence-corrected chi connectivity index (χ0v) is 29.1. The van der Waals surface area contributed by atoms with Gasteiger partial charge in [-0.1, -0.05) is 135 Å².